The third-order valence-corrected chi connectivity index (χ3v) is 4.07. The lowest BCUT2D eigenvalue weighted by atomic mass is 9.79. The van der Waals surface area contributed by atoms with Gasteiger partial charge in [0, 0.05) is 6.07 Å². The topological polar surface area (TPSA) is 47.9 Å². The fraction of sp³-hybridized carbons (Fsp3) is 0.100. The summed E-state index contributed by atoms with van der Waals surface area (Å²) in [7, 11) is -0.876. The second kappa shape index (κ2) is 7.01. The van der Waals surface area contributed by atoms with E-state index in [1.807, 2.05) is 72.8 Å². The molecule has 0 atom stereocenters. The molecule has 0 fully saturated rings. The van der Waals surface area contributed by atoms with Crippen LogP contribution in [0.15, 0.2) is 72.8 Å². The summed E-state index contributed by atoms with van der Waals surface area (Å²) in [5.41, 5.74) is 2.86. The quantitative estimate of drug-likeness (QED) is 0.729. The summed E-state index contributed by atoms with van der Waals surface area (Å²) in [4.78, 5) is 0. The fourth-order valence-corrected chi connectivity index (χ4v) is 2.76. The Bertz CT molecular complexity index is 867. The minimum absolute atomic E-state index is 0.430. The standard InChI is InChI=1S/C20H17BO4/c22-21-20-12-19(10-9-16(20)14-24-21)25-18-8-4-7-17(11-18)23-13-15-5-2-1-3-6-15/h1-12,22H,13-14H2. The molecule has 0 saturated heterocycles. The van der Waals surface area contributed by atoms with Gasteiger partial charge in [-0.3, -0.25) is 0 Å². The van der Waals surface area contributed by atoms with Gasteiger partial charge in [0.25, 0.3) is 0 Å². The van der Waals surface area contributed by atoms with Crippen LogP contribution < -0.4 is 14.9 Å². The number of fused-ring (bicyclic) bond motifs is 1. The normalized spacial score (nSPS) is 12.8. The summed E-state index contributed by atoms with van der Waals surface area (Å²) >= 11 is 0. The van der Waals surface area contributed by atoms with E-state index >= 15 is 0 Å². The van der Waals surface area contributed by atoms with Crippen LogP contribution in [-0.2, 0) is 17.9 Å². The number of rotatable bonds is 5. The van der Waals surface area contributed by atoms with E-state index in [1.165, 1.54) is 0 Å². The molecule has 1 aliphatic heterocycles. The third kappa shape index (κ3) is 3.68. The van der Waals surface area contributed by atoms with Crippen molar-refractivity contribution < 1.29 is 19.2 Å². The molecule has 0 radical (unpaired) electrons. The van der Waals surface area contributed by atoms with Gasteiger partial charge in [-0.25, -0.2) is 0 Å². The summed E-state index contributed by atoms with van der Waals surface area (Å²) in [6.07, 6.45) is 0. The van der Waals surface area contributed by atoms with Crippen molar-refractivity contribution in [1.82, 2.24) is 0 Å². The Morgan fingerprint density at radius 1 is 0.880 bits per heavy atom. The average molecular weight is 332 g/mol. The molecule has 1 N–H and O–H groups in total. The number of hydrogen-bond acceptors (Lipinski definition) is 4. The van der Waals surface area contributed by atoms with Crippen molar-refractivity contribution in [3.05, 3.63) is 83.9 Å². The van der Waals surface area contributed by atoms with E-state index < -0.39 is 7.12 Å². The molecule has 0 aliphatic carbocycles. The first-order valence-corrected chi connectivity index (χ1v) is 8.15. The molecule has 1 aliphatic rings. The zero-order valence-corrected chi connectivity index (χ0v) is 13.6. The van der Waals surface area contributed by atoms with Gasteiger partial charge in [-0.1, -0.05) is 42.5 Å². The van der Waals surface area contributed by atoms with Crippen LogP contribution >= 0.6 is 0 Å². The van der Waals surface area contributed by atoms with E-state index in [1.54, 1.807) is 0 Å². The molecule has 0 amide bonds. The van der Waals surface area contributed by atoms with Gasteiger partial charge in [0.1, 0.15) is 23.9 Å². The second-order valence-electron chi connectivity index (χ2n) is 5.88. The Morgan fingerprint density at radius 2 is 1.68 bits per heavy atom. The molecule has 0 saturated carbocycles. The van der Waals surface area contributed by atoms with Crippen molar-refractivity contribution in [3.63, 3.8) is 0 Å². The zero-order chi connectivity index (χ0) is 17.1. The van der Waals surface area contributed by atoms with Crippen LogP contribution in [0.2, 0.25) is 0 Å². The smallest absolute Gasteiger partial charge is 0.489 e. The highest BCUT2D eigenvalue weighted by atomic mass is 16.5. The van der Waals surface area contributed by atoms with Gasteiger partial charge < -0.3 is 19.2 Å². The molecular formula is C20H17BO4. The lowest BCUT2D eigenvalue weighted by molar-refractivity contribution is 0.275. The molecular weight excluding hydrogens is 315 g/mol. The first-order valence-electron chi connectivity index (χ1n) is 8.15. The number of hydrogen-bond donors (Lipinski definition) is 1. The van der Waals surface area contributed by atoms with Crippen molar-refractivity contribution in [3.8, 4) is 17.2 Å². The van der Waals surface area contributed by atoms with Gasteiger partial charge >= 0.3 is 7.12 Å². The summed E-state index contributed by atoms with van der Waals surface area (Å²) in [5, 5.41) is 9.80. The summed E-state index contributed by atoms with van der Waals surface area (Å²) in [6, 6.07) is 23.1. The van der Waals surface area contributed by atoms with Crippen molar-refractivity contribution in [2.45, 2.75) is 13.2 Å². The Labute approximate surface area is 146 Å². The summed E-state index contributed by atoms with van der Waals surface area (Å²) in [5.74, 6) is 2.08. The first-order chi connectivity index (χ1) is 12.3. The lowest BCUT2D eigenvalue weighted by Crippen LogP contribution is -2.27. The molecule has 3 aromatic carbocycles. The monoisotopic (exact) mass is 332 g/mol. The molecule has 4 rings (SSSR count). The maximum Gasteiger partial charge on any atom is 0.491 e. The van der Waals surface area contributed by atoms with Crippen LogP contribution in [0, 0.1) is 0 Å². The van der Waals surface area contributed by atoms with Gasteiger partial charge in [0.05, 0.1) is 6.61 Å². The van der Waals surface area contributed by atoms with E-state index in [-0.39, 0.29) is 0 Å². The third-order valence-electron chi connectivity index (χ3n) is 4.07. The van der Waals surface area contributed by atoms with Crippen molar-refractivity contribution >= 4 is 12.6 Å². The van der Waals surface area contributed by atoms with E-state index in [0.717, 1.165) is 22.3 Å². The molecule has 3 aromatic rings. The highest BCUT2D eigenvalue weighted by molar-refractivity contribution is 6.61. The van der Waals surface area contributed by atoms with Crippen LogP contribution in [-0.4, -0.2) is 12.1 Å². The Morgan fingerprint density at radius 3 is 2.56 bits per heavy atom. The van der Waals surface area contributed by atoms with Crippen LogP contribution in [0.25, 0.3) is 0 Å². The summed E-state index contributed by atoms with van der Waals surface area (Å²) in [6.45, 7) is 0.937. The molecule has 0 spiro atoms. The van der Waals surface area contributed by atoms with Crippen LogP contribution in [0.1, 0.15) is 11.1 Å². The Hall–Kier alpha value is -2.76. The molecule has 25 heavy (non-hydrogen) atoms. The first kappa shape index (κ1) is 15.8. The predicted octanol–water partition coefficient (Wildman–Crippen LogP) is 3.28. The molecule has 1 heterocycles. The molecule has 124 valence electrons. The van der Waals surface area contributed by atoms with Gasteiger partial charge in [-0.2, -0.15) is 0 Å². The van der Waals surface area contributed by atoms with E-state index in [2.05, 4.69) is 0 Å². The fourth-order valence-electron chi connectivity index (χ4n) is 2.76. The lowest BCUT2D eigenvalue weighted by Gasteiger charge is -2.10. The molecule has 0 aromatic heterocycles. The Kier molecular flexibility index (Phi) is 4.42. The predicted molar refractivity (Wildman–Crippen MR) is 96.1 cm³/mol. The SMILES string of the molecule is OB1OCc2ccc(Oc3cccc(OCc4ccccc4)c3)cc21. The zero-order valence-electron chi connectivity index (χ0n) is 13.6. The molecule has 4 nitrogen and oxygen atoms in total. The van der Waals surface area contributed by atoms with Gasteiger partial charge in [0.2, 0.25) is 0 Å². The van der Waals surface area contributed by atoms with E-state index in [0.29, 0.717) is 24.7 Å². The van der Waals surface area contributed by atoms with E-state index in [4.69, 9.17) is 14.1 Å². The number of ether oxygens (including phenoxy) is 2. The molecule has 0 unspecified atom stereocenters. The largest absolute Gasteiger partial charge is 0.491 e. The minimum atomic E-state index is -0.876. The molecule has 0 bridgehead atoms. The average Bonchev–Trinajstić information content (AvgIpc) is 3.02. The second-order valence-corrected chi connectivity index (χ2v) is 5.88. The van der Waals surface area contributed by atoms with Gasteiger partial charge in [-0.15, -0.1) is 0 Å². The van der Waals surface area contributed by atoms with Crippen molar-refractivity contribution in [2.24, 2.45) is 0 Å². The summed E-state index contributed by atoms with van der Waals surface area (Å²) < 4.78 is 16.9. The number of benzene rings is 3. The Balaban J connectivity index is 1.46. The van der Waals surface area contributed by atoms with Crippen LogP contribution in [0.3, 0.4) is 0 Å². The van der Waals surface area contributed by atoms with Gasteiger partial charge in [0.15, 0.2) is 0 Å². The highest BCUT2D eigenvalue weighted by Crippen LogP contribution is 2.26. The van der Waals surface area contributed by atoms with Gasteiger partial charge in [-0.05, 0) is 40.9 Å². The van der Waals surface area contributed by atoms with Crippen LogP contribution in [0.5, 0.6) is 17.2 Å². The van der Waals surface area contributed by atoms with Crippen LogP contribution in [0.4, 0.5) is 0 Å². The maximum absolute atomic E-state index is 9.80. The van der Waals surface area contributed by atoms with Crippen molar-refractivity contribution in [1.29, 1.82) is 0 Å². The highest BCUT2D eigenvalue weighted by Gasteiger charge is 2.27. The van der Waals surface area contributed by atoms with Crippen molar-refractivity contribution in [2.75, 3.05) is 0 Å². The maximum atomic E-state index is 9.80. The minimum Gasteiger partial charge on any atom is -0.489 e. The van der Waals surface area contributed by atoms with E-state index in [9.17, 15) is 5.02 Å². The molecule has 5 heteroatoms.